The largest absolute Gasteiger partial charge is 0.444 e. The third kappa shape index (κ3) is 3.39. The molecule has 2 heterocycles. The van der Waals surface area contributed by atoms with Gasteiger partial charge in [0.15, 0.2) is 0 Å². The molecule has 138 valence electrons. The van der Waals surface area contributed by atoms with Crippen LogP contribution in [0.25, 0.3) is 0 Å². The number of carbonyl (C=O) groups is 4. The number of hydrogen-bond donors (Lipinski definition) is 0. The van der Waals surface area contributed by atoms with Crippen molar-refractivity contribution in [2.75, 3.05) is 11.6 Å². The maximum atomic E-state index is 12.5. The second kappa shape index (κ2) is 6.64. The molecule has 0 radical (unpaired) electrons. The third-order valence-corrected chi connectivity index (χ3v) is 4.73. The van der Waals surface area contributed by atoms with Crippen molar-refractivity contribution in [2.24, 2.45) is 0 Å². The van der Waals surface area contributed by atoms with E-state index >= 15 is 0 Å². The van der Waals surface area contributed by atoms with Crippen LogP contribution in [0.4, 0.5) is 4.79 Å². The fraction of sp³-hybridized carbons (Fsp3) is 0.412. The summed E-state index contributed by atoms with van der Waals surface area (Å²) in [6, 6.07) is 5.28. The smallest absolute Gasteiger partial charge is 0.411 e. The molecule has 0 saturated carbocycles. The molecule has 3 rings (SSSR count). The number of amides is 3. The number of hydroxylamine groups is 2. The molecule has 9 heteroatoms. The molecule has 0 spiro atoms. The molecule has 0 bridgehead atoms. The predicted octanol–water partition coefficient (Wildman–Crippen LogP) is 2.05. The first kappa shape index (κ1) is 18.2. The summed E-state index contributed by atoms with van der Waals surface area (Å²) >= 11 is 1.36. The Hall–Kier alpha value is -2.55. The quantitative estimate of drug-likeness (QED) is 0.727. The van der Waals surface area contributed by atoms with Gasteiger partial charge in [0.05, 0.1) is 17.0 Å². The minimum atomic E-state index is -0.931. The number of benzene rings is 1. The average Bonchev–Trinajstić information content (AvgIpc) is 3.14. The van der Waals surface area contributed by atoms with Gasteiger partial charge in [-0.1, -0.05) is 17.2 Å². The molecule has 1 fully saturated rings. The minimum Gasteiger partial charge on any atom is -0.444 e. The Morgan fingerprint density at radius 3 is 2.23 bits per heavy atom. The molecule has 0 aromatic heterocycles. The van der Waals surface area contributed by atoms with E-state index in [0.29, 0.717) is 10.8 Å². The first-order valence-corrected chi connectivity index (χ1v) is 9.11. The Kier molecular flexibility index (Phi) is 4.66. The SMILES string of the molecule is CC(C)(C)OC(=O)N1CSCC1C(=O)ON1C(=O)c2ccccc2C1=O. The molecule has 8 nitrogen and oxygen atoms in total. The number of imide groups is 1. The van der Waals surface area contributed by atoms with Crippen LogP contribution in [0.5, 0.6) is 0 Å². The number of hydrogen-bond acceptors (Lipinski definition) is 7. The average molecular weight is 378 g/mol. The maximum absolute atomic E-state index is 12.5. The molecule has 1 aromatic rings. The summed E-state index contributed by atoms with van der Waals surface area (Å²) in [6.07, 6.45) is -0.646. The lowest BCUT2D eigenvalue weighted by atomic mass is 10.1. The highest BCUT2D eigenvalue weighted by atomic mass is 32.2. The highest BCUT2D eigenvalue weighted by Crippen LogP contribution is 2.27. The Labute approximate surface area is 154 Å². The van der Waals surface area contributed by atoms with E-state index < -0.39 is 35.5 Å². The molecule has 1 atom stereocenters. The lowest BCUT2D eigenvalue weighted by Gasteiger charge is -2.27. The number of nitrogens with zero attached hydrogens (tertiary/aromatic N) is 2. The Morgan fingerprint density at radius 2 is 1.69 bits per heavy atom. The fourth-order valence-electron chi connectivity index (χ4n) is 2.54. The van der Waals surface area contributed by atoms with Gasteiger partial charge in [-0.3, -0.25) is 14.5 Å². The van der Waals surface area contributed by atoms with Crippen LogP contribution in [0.2, 0.25) is 0 Å². The number of ether oxygens (including phenoxy) is 1. The lowest BCUT2D eigenvalue weighted by Crippen LogP contribution is -2.47. The van der Waals surface area contributed by atoms with Crippen LogP contribution < -0.4 is 0 Å². The van der Waals surface area contributed by atoms with Crippen molar-refractivity contribution in [3.05, 3.63) is 35.4 Å². The molecule has 26 heavy (non-hydrogen) atoms. The van der Waals surface area contributed by atoms with Gasteiger partial charge in [-0.15, -0.1) is 11.8 Å². The van der Waals surface area contributed by atoms with E-state index in [0.717, 1.165) is 0 Å². The van der Waals surface area contributed by atoms with E-state index in [1.807, 2.05) is 0 Å². The van der Waals surface area contributed by atoms with Gasteiger partial charge in [0.2, 0.25) is 0 Å². The predicted molar refractivity (Wildman–Crippen MR) is 92.2 cm³/mol. The zero-order chi connectivity index (χ0) is 19.1. The second-order valence-corrected chi connectivity index (χ2v) is 7.83. The summed E-state index contributed by atoms with van der Waals surface area (Å²) in [4.78, 5) is 55.6. The van der Waals surface area contributed by atoms with Gasteiger partial charge < -0.3 is 9.57 Å². The van der Waals surface area contributed by atoms with Crippen LogP contribution in [0.15, 0.2) is 24.3 Å². The molecule has 1 unspecified atom stereocenters. The van der Waals surface area contributed by atoms with E-state index in [4.69, 9.17) is 9.57 Å². The molecule has 0 N–H and O–H groups in total. The summed E-state index contributed by atoms with van der Waals surface area (Å²) < 4.78 is 5.28. The topological polar surface area (TPSA) is 93.2 Å². The van der Waals surface area contributed by atoms with Crippen molar-refractivity contribution in [1.29, 1.82) is 0 Å². The number of fused-ring (bicyclic) bond motifs is 1. The number of rotatable bonds is 2. The van der Waals surface area contributed by atoms with Crippen molar-refractivity contribution in [2.45, 2.75) is 32.4 Å². The zero-order valence-corrected chi connectivity index (χ0v) is 15.4. The molecule has 1 saturated heterocycles. The van der Waals surface area contributed by atoms with E-state index in [1.54, 1.807) is 32.9 Å². The van der Waals surface area contributed by atoms with E-state index in [2.05, 4.69) is 0 Å². The van der Waals surface area contributed by atoms with Crippen LogP contribution >= 0.6 is 11.8 Å². The van der Waals surface area contributed by atoms with Crippen LogP contribution in [-0.2, 0) is 14.4 Å². The van der Waals surface area contributed by atoms with Crippen LogP contribution in [0.3, 0.4) is 0 Å². The summed E-state index contributed by atoms with van der Waals surface area (Å²) in [5.74, 6) is -1.70. The van der Waals surface area contributed by atoms with Crippen molar-refractivity contribution in [3.8, 4) is 0 Å². The van der Waals surface area contributed by atoms with Gasteiger partial charge in [-0.05, 0) is 32.9 Å². The van der Waals surface area contributed by atoms with Crippen LogP contribution in [0.1, 0.15) is 41.5 Å². The summed E-state index contributed by atoms with van der Waals surface area (Å²) in [6.45, 7) is 5.17. The molecule has 1 aromatic carbocycles. The first-order chi connectivity index (χ1) is 12.2. The molecular formula is C17H18N2O6S. The van der Waals surface area contributed by atoms with Gasteiger partial charge in [-0.25, -0.2) is 9.59 Å². The van der Waals surface area contributed by atoms with E-state index in [9.17, 15) is 19.2 Å². The zero-order valence-electron chi connectivity index (χ0n) is 14.6. The number of thioether (sulfide) groups is 1. The van der Waals surface area contributed by atoms with Gasteiger partial charge in [0, 0.05) is 5.75 Å². The first-order valence-electron chi connectivity index (χ1n) is 7.96. The fourth-order valence-corrected chi connectivity index (χ4v) is 3.67. The van der Waals surface area contributed by atoms with Crippen LogP contribution in [-0.4, -0.2) is 57.1 Å². The van der Waals surface area contributed by atoms with Crippen molar-refractivity contribution in [3.63, 3.8) is 0 Å². The van der Waals surface area contributed by atoms with Crippen molar-refractivity contribution < 1.29 is 28.8 Å². The normalized spacial score (nSPS) is 19.6. The number of carbonyl (C=O) groups excluding carboxylic acids is 4. The third-order valence-electron chi connectivity index (χ3n) is 3.72. The monoisotopic (exact) mass is 378 g/mol. The van der Waals surface area contributed by atoms with Gasteiger partial charge >= 0.3 is 12.1 Å². The molecule has 0 aliphatic carbocycles. The Morgan fingerprint density at radius 1 is 1.12 bits per heavy atom. The van der Waals surface area contributed by atoms with Gasteiger partial charge in [0.25, 0.3) is 11.8 Å². The second-order valence-electron chi connectivity index (χ2n) is 6.83. The van der Waals surface area contributed by atoms with Crippen molar-refractivity contribution in [1.82, 2.24) is 9.96 Å². The minimum absolute atomic E-state index is 0.176. The molecular weight excluding hydrogens is 360 g/mol. The van der Waals surface area contributed by atoms with Gasteiger partial charge in [0.1, 0.15) is 11.6 Å². The standard InChI is InChI=1S/C17H18N2O6S/c1-17(2,3)24-16(23)18-9-26-8-12(18)15(22)25-19-13(20)10-6-4-5-7-11(10)14(19)21/h4-7,12H,8-9H2,1-3H3. The summed E-state index contributed by atoms with van der Waals surface area (Å²) in [5, 5.41) is 0.448. The summed E-state index contributed by atoms with van der Waals surface area (Å²) in [5.41, 5.74) is -0.355. The van der Waals surface area contributed by atoms with E-state index in [-0.39, 0.29) is 17.0 Å². The Bertz CT molecular complexity index is 753. The Balaban J connectivity index is 1.71. The molecule has 2 aliphatic heterocycles. The van der Waals surface area contributed by atoms with Crippen molar-refractivity contribution >= 4 is 35.6 Å². The van der Waals surface area contributed by atoms with Gasteiger partial charge in [-0.2, -0.15) is 0 Å². The van der Waals surface area contributed by atoms with Crippen LogP contribution in [0, 0.1) is 0 Å². The summed E-state index contributed by atoms with van der Waals surface area (Å²) in [7, 11) is 0. The molecule has 3 amide bonds. The highest BCUT2D eigenvalue weighted by Gasteiger charge is 2.43. The lowest BCUT2D eigenvalue weighted by molar-refractivity contribution is -0.173. The van der Waals surface area contributed by atoms with E-state index in [1.165, 1.54) is 28.8 Å². The molecule has 2 aliphatic rings. The maximum Gasteiger partial charge on any atom is 0.411 e. The highest BCUT2D eigenvalue weighted by molar-refractivity contribution is 7.99.